The van der Waals surface area contributed by atoms with Crippen LogP contribution in [0.1, 0.15) is 23.7 Å². The molecule has 21 heavy (non-hydrogen) atoms. The number of carboxylic acids is 1. The van der Waals surface area contributed by atoms with Gasteiger partial charge in [0.25, 0.3) is 0 Å². The van der Waals surface area contributed by atoms with Crippen LogP contribution >= 0.6 is 11.8 Å². The number of aromatic carboxylic acids is 1. The lowest BCUT2D eigenvalue weighted by Crippen LogP contribution is -2.30. The topological polar surface area (TPSA) is 87.7 Å². The van der Waals surface area contributed by atoms with Crippen LogP contribution in [0.4, 0.5) is 10.5 Å². The number of benzene rings is 1. The second-order valence-corrected chi connectivity index (χ2v) is 5.71. The second kappa shape index (κ2) is 8.41. The van der Waals surface area contributed by atoms with Gasteiger partial charge in [0, 0.05) is 11.8 Å². The zero-order chi connectivity index (χ0) is 15.8. The normalized spacial score (nSPS) is 11.6. The first-order valence-corrected chi connectivity index (χ1v) is 7.75. The minimum absolute atomic E-state index is 0.0853. The van der Waals surface area contributed by atoms with Gasteiger partial charge in [-0.1, -0.05) is 6.92 Å². The number of ether oxygens (including phenoxy) is 1. The molecule has 7 heteroatoms. The molecule has 0 heterocycles. The van der Waals surface area contributed by atoms with Gasteiger partial charge in [0.1, 0.15) is 5.75 Å². The molecule has 0 aliphatic rings. The first kappa shape index (κ1) is 17.2. The minimum atomic E-state index is -1.06. The molecular weight excluding hydrogens is 292 g/mol. The highest BCUT2D eigenvalue weighted by molar-refractivity contribution is 7.99. The van der Waals surface area contributed by atoms with Gasteiger partial charge in [0.2, 0.25) is 0 Å². The molecule has 1 atom stereocenters. The van der Waals surface area contributed by atoms with Crippen LogP contribution in [0.5, 0.6) is 5.75 Å². The fraction of sp³-hybridized carbons (Fsp3) is 0.429. The van der Waals surface area contributed by atoms with E-state index in [4.69, 9.17) is 9.84 Å². The number of thioether (sulfide) groups is 1. The smallest absolute Gasteiger partial charge is 0.335 e. The van der Waals surface area contributed by atoms with Crippen LogP contribution in [0.25, 0.3) is 0 Å². The van der Waals surface area contributed by atoms with E-state index in [-0.39, 0.29) is 11.6 Å². The van der Waals surface area contributed by atoms with Gasteiger partial charge < -0.3 is 20.5 Å². The van der Waals surface area contributed by atoms with Crippen molar-refractivity contribution in [2.75, 3.05) is 25.2 Å². The van der Waals surface area contributed by atoms with Gasteiger partial charge in [-0.2, -0.15) is 11.8 Å². The van der Waals surface area contributed by atoms with Crippen LogP contribution in [0.2, 0.25) is 0 Å². The quantitative estimate of drug-likeness (QED) is 0.720. The molecule has 1 rings (SSSR count). The predicted octanol–water partition coefficient (Wildman–Crippen LogP) is 2.66. The van der Waals surface area contributed by atoms with Gasteiger partial charge in [-0.05, 0) is 30.9 Å². The number of anilines is 1. The molecule has 0 saturated heterocycles. The van der Waals surface area contributed by atoms with E-state index in [0.717, 1.165) is 6.42 Å². The fourth-order valence-electron chi connectivity index (χ4n) is 1.61. The van der Waals surface area contributed by atoms with Gasteiger partial charge in [-0.25, -0.2) is 9.59 Å². The number of urea groups is 1. The van der Waals surface area contributed by atoms with Crippen molar-refractivity contribution in [2.45, 2.75) is 18.6 Å². The number of hydrogen-bond acceptors (Lipinski definition) is 4. The number of hydrogen-bond donors (Lipinski definition) is 3. The lowest BCUT2D eigenvalue weighted by atomic mass is 10.2. The van der Waals surface area contributed by atoms with Gasteiger partial charge in [0.15, 0.2) is 0 Å². The van der Waals surface area contributed by atoms with E-state index >= 15 is 0 Å². The van der Waals surface area contributed by atoms with Gasteiger partial charge >= 0.3 is 12.0 Å². The third kappa shape index (κ3) is 5.55. The first-order chi connectivity index (χ1) is 9.97. The van der Waals surface area contributed by atoms with E-state index in [9.17, 15) is 9.59 Å². The van der Waals surface area contributed by atoms with E-state index in [1.54, 1.807) is 11.8 Å². The number of carbonyl (C=O) groups excluding carboxylic acids is 1. The van der Waals surface area contributed by atoms with Crippen LogP contribution < -0.4 is 15.4 Å². The molecule has 0 aliphatic carbocycles. The average Bonchev–Trinajstić information content (AvgIpc) is 2.46. The number of nitrogens with one attached hydrogen (secondary N) is 2. The maximum atomic E-state index is 11.8. The molecule has 6 nitrogen and oxygen atoms in total. The molecule has 1 aromatic rings. The maximum Gasteiger partial charge on any atom is 0.335 e. The predicted molar refractivity (Wildman–Crippen MR) is 84.6 cm³/mol. The Kier molecular flexibility index (Phi) is 6.87. The molecule has 0 radical (unpaired) electrons. The molecule has 2 amide bonds. The molecule has 116 valence electrons. The summed E-state index contributed by atoms with van der Waals surface area (Å²) >= 11 is 1.73. The molecule has 0 fully saturated rings. The summed E-state index contributed by atoms with van der Waals surface area (Å²) in [6, 6.07) is 3.91. The SMILES string of the molecule is COc1ccc(C(=O)O)cc1NC(=O)NCCC(C)SC. The van der Waals surface area contributed by atoms with E-state index in [1.807, 2.05) is 6.26 Å². The summed E-state index contributed by atoms with van der Waals surface area (Å²) in [4.78, 5) is 22.7. The maximum absolute atomic E-state index is 11.8. The highest BCUT2D eigenvalue weighted by Gasteiger charge is 2.11. The van der Waals surface area contributed by atoms with Crippen LogP contribution in [0, 0.1) is 0 Å². The highest BCUT2D eigenvalue weighted by Crippen LogP contribution is 2.25. The number of rotatable bonds is 7. The van der Waals surface area contributed by atoms with Crippen LogP contribution in [0.3, 0.4) is 0 Å². The molecule has 1 unspecified atom stereocenters. The van der Waals surface area contributed by atoms with Crippen molar-refractivity contribution in [3.05, 3.63) is 23.8 Å². The van der Waals surface area contributed by atoms with Crippen molar-refractivity contribution in [2.24, 2.45) is 0 Å². The summed E-state index contributed by atoms with van der Waals surface area (Å²) in [6.07, 6.45) is 2.88. The molecule has 3 N–H and O–H groups in total. The Hall–Kier alpha value is -1.89. The monoisotopic (exact) mass is 312 g/mol. The number of carboxylic acid groups (broad SMARTS) is 1. The average molecular weight is 312 g/mol. The summed E-state index contributed by atoms with van der Waals surface area (Å²) in [7, 11) is 1.46. The lowest BCUT2D eigenvalue weighted by molar-refractivity contribution is 0.0697. The van der Waals surface area contributed by atoms with Gasteiger partial charge in [-0.15, -0.1) is 0 Å². The molecule has 1 aromatic carbocycles. The van der Waals surface area contributed by atoms with Gasteiger partial charge in [0.05, 0.1) is 18.4 Å². The van der Waals surface area contributed by atoms with E-state index in [2.05, 4.69) is 17.6 Å². The van der Waals surface area contributed by atoms with Crippen LogP contribution in [-0.2, 0) is 0 Å². The van der Waals surface area contributed by atoms with Gasteiger partial charge in [-0.3, -0.25) is 0 Å². The molecule has 0 aliphatic heterocycles. The minimum Gasteiger partial charge on any atom is -0.495 e. The van der Waals surface area contributed by atoms with Crippen molar-refractivity contribution < 1.29 is 19.4 Å². The largest absolute Gasteiger partial charge is 0.495 e. The third-order valence-corrected chi connectivity index (χ3v) is 3.97. The van der Waals surface area contributed by atoms with Crippen molar-refractivity contribution in [1.82, 2.24) is 5.32 Å². The Bertz CT molecular complexity index is 508. The van der Waals surface area contributed by atoms with Crippen molar-refractivity contribution >= 4 is 29.4 Å². The Labute approximate surface area is 128 Å². The number of amides is 2. The Morgan fingerprint density at radius 2 is 2.14 bits per heavy atom. The summed E-state index contributed by atoms with van der Waals surface area (Å²) in [5.74, 6) is -0.650. The summed E-state index contributed by atoms with van der Waals surface area (Å²) in [5, 5.41) is 14.8. The number of methoxy groups -OCH3 is 1. The first-order valence-electron chi connectivity index (χ1n) is 6.47. The Morgan fingerprint density at radius 3 is 2.71 bits per heavy atom. The van der Waals surface area contributed by atoms with E-state index < -0.39 is 5.97 Å². The molecule has 0 aromatic heterocycles. The molecular formula is C14H20N2O4S. The second-order valence-electron chi connectivity index (χ2n) is 4.44. The standard InChI is InChI=1S/C14H20N2O4S/c1-9(21-3)6-7-15-14(19)16-11-8-10(13(17)18)4-5-12(11)20-2/h4-5,8-9H,6-7H2,1-3H3,(H,17,18)(H2,15,16,19). The van der Waals surface area contributed by atoms with E-state index in [1.165, 1.54) is 25.3 Å². The summed E-state index contributed by atoms with van der Waals surface area (Å²) in [5.41, 5.74) is 0.412. The van der Waals surface area contributed by atoms with Crippen LogP contribution in [-0.4, -0.2) is 42.3 Å². The summed E-state index contributed by atoms with van der Waals surface area (Å²) < 4.78 is 5.10. The number of carbonyl (C=O) groups is 2. The molecule has 0 saturated carbocycles. The zero-order valence-corrected chi connectivity index (χ0v) is 13.1. The Morgan fingerprint density at radius 1 is 1.43 bits per heavy atom. The molecule has 0 spiro atoms. The van der Waals surface area contributed by atoms with Crippen molar-refractivity contribution in [3.8, 4) is 5.75 Å². The lowest BCUT2D eigenvalue weighted by Gasteiger charge is -2.13. The van der Waals surface area contributed by atoms with Crippen molar-refractivity contribution in [1.29, 1.82) is 0 Å². The molecule has 0 bridgehead atoms. The van der Waals surface area contributed by atoms with Crippen LogP contribution in [0.15, 0.2) is 18.2 Å². The van der Waals surface area contributed by atoms with E-state index in [0.29, 0.717) is 23.2 Å². The fourth-order valence-corrected chi connectivity index (χ4v) is 1.97. The summed E-state index contributed by atoms with van der Waals surface area (Å²) in [6.45, 7) is 2.64. The highest BCUT2D eigenvalue weighted by atomic mass is 32.2. The third-order valence-electron chi connectivity index (χ3n) is 2.93. The zero-order valence-electron chi connectivity index (χ0n) is 12.3. The Balaban J connectivity index is 2.65. The van der Waals surface area contributed by atoms with Crippen molar-refractivity contribution in [3.63, 3.8) is 0 Å².